The first-order chi connectivity index (χ1) is 7.41. The first-order valence-corrected chi connectivity index (χ1v) is 4.73. The Morgan fingerprint density at radius 2 is 2.06 bits per heavy atom. The lowest BCUT2D eigenvalue weighted by atomic mass is 10.1. The van der Waals surface area contributed by atoms with Crippen molar-refractivity contribution in [3.63, 3.8) is 0 Å². The molecule has 0 aromatic carbocycles. The van der Waals surface area contributed by atoms with Crippen molar-refractivity contribution >= 4 is 11.8 Å². The second-order valence-corrected chi connectivity index (χ2v) is 3.71. The van der Waals surface area contributed by atoms with E-state index in [-0.39, 0.29) is 11.5 Å². The number of carboxylic acids is 1. The highest BCUT2D eigenvalue weighted by atomic mass is 16.4. The van der Waals surface area contributed by atoms with Gasteiger partial charge in [-0.1, -0.05) is 0 Å². The summed E-state index contributed by atoms with van der Waals surface area (Å²) in [7, 11) is 3.63. The van der Waals surface area contributed by atoms with Crippen LogP contribution in [-0.4, -0.2) is 40.8 Å². The Balaban J connectivity index is 2.93. The predicted molar refractivity (Wildman–Crippen MR) is 59.5 cm³/mol. The molecule has 1 heterocycles. The summed E-state index contributed by atoms with van der Waals surface area (Å²) in [5, 5.41) is 8.70. The maximum Gasteiger partial charge on any atom is 0.352 e. The number of allylic oxidation sites excluding steroid dienone is 1. The first-order valence-electron chi connectivity index (χ1n) is 4.73. The van der Waals surface area contributed by atoms with Crippen molar-refractivity contribution in [1.82, 2.24) is 9.88 Å². The van der Waals surface area contributed by atoms with Crippen LogP contribution in [0.25, 0.3) is 0 Å². The molecule has 86 valence electrons. The fourth-order valence-corrected chi connectivity index (χ4v) is 1.32. The van der Waals surface area contributed by atoms with E-state index in [1.165, 1.54) is 12.3 Å². The van der Waals surface area contributed by atoms with Crippen molar-refractivity contribution in [1.29, 1.82) is 0 Å². The summed E-state index contributed by atoms with van der Waals surface area (Å²) < 4.78 is 0. The van der Waals surface area contributed by atoms with Crippen molar-refractivity contribution in [2.75, 3.05) is 14.1 Å². The van der Waals surface area contributed by atoms with E-state index in [9.17, 15) is 9.59 Å². The van der Waals surface area contributed by atoms with Crippen molar-refractivity contribution < 1.29 is 14.7 Å². The van der Waals surface area contributed by atoms with Crippen LogP contribution in [0.2, 0.25) is 0 Å². The number of nitrogens with one attached hydrogen (secondary N) is 1. The second-order valence-electron chi connectivity index (χ2n) is 3.71. The number of ketones is 1. The SMILES string of the molecule is C/C(=C\N(C)C)C(=O)c1c[nH]c(C(=O)O)c1. The fraction of sp³-hybridized carbons (Fsp3) is 0.273. The number of carbonyl (C=O) groups is 2. The van der Waals surface area contributed by atoms with Crippen LogP contribution in [0.4, 0.5) is 0 Å². The Morgan fingerprint density at radius 3 is 2.50 bits per heavy atom. The number of aromatic nitrogens is 1. The minimum absolute atomic E-state index is 0.0148. The van der Waals surface area contributed by atoms with E-state index >= 15 is 0 Å². The third-order valence-electron chi connectivity index (χ3n) is 1.99. The largest absolute Gasteiger partial charge is 0.477 e. The van der Waals surface area contributed by atoms with Crippen molar-refractivity contribution in [2.45, 2.75) is 6.92 Å². The number of nitrogens with zero attached hydrogens (tertiary/aromatic N) is 1. The molecule has 0 unspecified atom stereocenters. The molecule has 0 spiro atoms. The summed E-state index contributed by atoms with van der Waals surface area (Å²) in [6.07, 6.45) is 3.09. The zero-order valence-electron chi connectivity index (χ0n) is 9.44. The topological polar surface area (TPSA) is 73.4 Å². The van der Waals surface area contributed by atoms with E-state index < -0.39 is 5.97 Å². The van der Waals surface area contributed by atoms with E-state index in [4.69, 9.17) is 5.11 Å². The molecule has 5 nitrogen and oxygen atoms in total. The van der Waals surface area contributed by atoms with Gasteiger partial charge in [-0.3, -0.25) is 4.79 Å². The number of Topliss-reactive ketones (excluding diaryl/α,β-unsaturated/α-hetero) is 1. The zero-order valence-corrected chi connectivity index (χ0v) is 9.44. The third kappa shape index (κ3) is 2.73. The second kappa shape index (κ2) is 4.65. The van der Waals surface area contributed by atoms with Crippen LogP contribution >= 0.6 is 0 Å². The number of rotatable bonds is 4. The van der Waals surface area contributed by atoms with E-state index in [0.717, 1.165) is 0 Å². The maximum atomic E-state index is 11.8. The van der Waals surface area contributed by atoms with Crippen molar-refractivity contribution in [3.8, 4) is 0 Å². The normalized spacial score (nSPS) is 11.3. The van der Waals surface area contributed by atoms with Gasteiger partial charge in [0.15, 0.2) is 5.78 Å². The smallest absolute Gasteiger partial charge is 0.352 e. The molecule has 0 bridgehead atoms. The Labute approximate surface area is 93.4 Å². The number of H-pyrrole nitrogens is 1. The van der Waals surface area contributed by atoms with Crippen LogP contribution in [0.5, 0.6) is 0 Å². The van der Waals surface area contributed by atoms with Crippen LogP contribution in [0, 0.1) is 0 Å². The predicted octanol–water partition coefficient (Wildman–Crippen LogP) is 1.36. The Morgan fingerprint density at radius 1 is 1.44 bits per heavy atom. The molecule has 0 fully saturated rings. The van der Waals surface area contributed by atoms with Gasteiger partial charge in [0.1, 0.15) is 5.69 Å². The van der Waals surface area contributed by atoms with Crippen LogP contribution in [0.3, 0.4) is 0 Å². The quantitative estimate of drug-likeness (QED) is 0.596. The molecule has 0 aliphatic heterocycles. The third-order valence-corrected chi connectivity index (χ3v) is 1.99. The highest BCUT2D eigenvalue weighted by Crippen LogP contribution is 2.10. The summed E-state index contributed by atoms with van der Waals surface area (Å²) in [5.74, 6) is -1.26. The molecule has 2 N–H and O–H groups in total. The van der Waals surface area contributed by atoms with E-state index in [1.807, 2.05) is 14.1 Å². The van der Waals surface area contributed by atoms with Gasteiger partial charge in [-0.15, -0.1) is 0 Å². The number of hydrogen-bond donors (Lipinski definition) is 2. The molecule has 0 aliphatic carbocycles. The molecule has 0 amide bonds. The summed E-state index contributed by atoms with van der Waals surface area (Å²) in [6, 6.07) is 1.33. The lowest BCUT2D eigenvalue weighted by Crippen LogP contribution is -2.07. The molecular weight excluding hydrogens is 208 g/mol. The summed E-state index contributed by atoms with van der Waals surface area (Å²) >= 11 is 0. The Bertz CT molecular complexity index is 444. The minimum atomic E-state index is -1.08. The Hall–Kier alpha value is -2.04. The molecule has 0 atom stereocenters. The van der Waals surface area contributed by atoms with Gasteiger partial charge in [0.25, 0.3) is 0 Å². The molecule has 1 aromatic heterocycles. The summed E-state index contributed by atoms with van der Waals surface area (Å²) in [4.78, 5) is 26.7. The van der Waals surface area contributed by atoms with Gasteiger partial charge in [0.05, 0.1) is 0 Å². The number of hydrogen-bond acceptors (Lipinski definition) is 3. The van der Waals surface area contributed by atoms with Crippen LogP contribution in [-0.2, 0) is 0 Å². The fourth-order valence-electron chi connectivity index (χ4n) is 1.32. The number of aromatic carboxylic acids is 1. The lowest BCUT2D eigenvalue weighted by Gasteiger charge is -2.06. The minimum Gasteiger partial charge on any atom is -0.477 e. The molecule has 16 heavy (non-hydrogen) atoms. The van der Waals surface area contributed by atoms with E-state index in [1.54, 1.807) is 18.0 Å². The monoisotopic (exact) mass is 222 g/mol. The average Bonchev–Trinajstić information content (AvgIpc) is 2.64. The van der Waals surface area contributed by atoms with E-state index in [2.05, 4.69) is 4.98 Å². The van der Waals surface area contributed by atoms with Gasteiger partial charge in [-0.2, -0.15) is 0 Å². The Kier molecular flexibility index (Phi) is 3.50. The van der Waals surface area contributed by atoms with Crippen LogP contribution in [0.1, 0.15) is 27.8 Å². The van der Waals surface area contributed by atoms with Gasteiger partial charge in [-0.25, -0.2) is 4.79 Å². The molecular formula is C11H14N2O3. The highest BCUT2D eigenvalue weighted by molar-refractivity contribution is 6.09. The highest BCUT2D eigenvalue weighted by Gasteiger charge is 2.13. The van der Waals surface area contributed by atoms with Gasteiger partial charge in [0, 0.05) is 37.6 Å². The van der Waals surface area contributed by atoms with Crippen LogP contribution in [0.15, 0.2) is 24.0 Å². The van der Waals surface area contributed by atoms with Gasteiger partial charge in [0.2, 0.25) is 0 Å². The lowest BCUT2D eigenvalue weighted by molar-refractivity contribution is 0.0691. The summed E-state index contributed by atoms with van der Waals surface area (Å²) in [6.45, 7) is 1.69. The molecule has 0 aliphatic rings. The molecule has 5 heteroatoms. The standard InChI is InChI=1S/C11H14N2O3/c1-7(6-13(2)3)10(14)8-4-9(11(15)16)12-5-8/h4-6,12H,1-3H3,(H,15,16)/b7-6+. The molecule has 0 saturated heterocycles. The summed E-state index contributed by atoms with van der Waals surface area (Å²) in [5.41, 5.74) is 0.926. The first kappa shape index (κ1) is 12.0. The van der Waals surface area contributed by atoms with Gasteiger partial charge < -0.3 is 15.0 Å². The van der Waals surface area contributed by atoms with Gasteiger partial charge >= 0.3 is 5.97 Å². The molecule has 1 rings (SSSR count). The number of carbonyl (C=O) groups excluding carboxylic acids is 1. The molecule has 0 radical (unpaired) electrons. The number of carboxylic acid groups (broad SMARTS) is 1. The number of aromatic amines is 1. The molecule has 0 saturated carbocycles. The van der Waals surface area contributed by atoms with E-state index in [0.29, 0.717) is 11.1 Å². The molecule has 1 aromatic rings. The zero-order chi connectivity index (χ0) is 12.3. The van der Waals surface area contributed by atoms with Gasteiger partial charge in [-0.05, 0) is 13.0 Å². The maximum absolute atomic E-state index is 11.8. The average molecular weight is 222 g/mol. The van der Waals surface area contributed by atoms with Crippen LogP contribution < -0.4 is 0 Å². The van der Waals surface area contributed by atoms with Crippen molar-refractivity contribution in [2.24, 2.45) is 0 Å². The van der Waals surface area contributed by atoms with Crippen molar-refractivity contribution in [3.05, 3.63) is 35.3 Å².